The molecule has 9 heteroatoms. The van der Waals surface area contributed by atoms with Gasteiger partial charge >= 0.3 is 5.97 Å². The topological polar surface area (TPSA) is 117 Å². The first kappa shape index (κ1) is 19.7. The molecular formula is C18H18N2O7. The predicted octanol–water partition coefficient (Wildman–Crippen LogP) is 2.80. The number of amides is 1. The Kier molecular flexibility index (Phi) is 6.32. The summed E-state index contributed by atoms with van der Waals surface area (Å²) in [6.07, 6.45) is -0.867. The van der Waals surface area contributed by atoms with Crippen molar-refractivity contribution in [1.82, 2.24) is 0 Å². The maximum atomic E-state index is 12.3. The van der Waals surface area contributed by atoms with Crippen LogP contribution in [0.5, 0.6) is 11.5 Å². The van der Waals surface area contributed by atoms with E-state index in [1.165, 1.54) is 44.6 Å². The maximum Gasteiger partial charge on any atom is 0.337 e. The third-order valence-corrected chi connectivity index (χ3v) is 3.61. The summed E-state index contributed by atoms with van der Waals surface area (Å²) in [5, 5.41) is 13.4. The summed E-state index contributed by atoms with van der Waals surface area (Å²) in [7, 11) is 2.63. The molecule has 0 bridgehead atoms. The van der Waals surface area contributed by atoms with Crippen LogP contribution < -0.4 is 14.8 Å². The van der Waals surface area contributed by atoms with Crippen LogP contribution in [0, 0.1) is 10.1 Å². The highest BCUT2D eigenvalue weighted by atomic mass is 16.6. The monoisotopic (exact) mass is 374 g/mol. The van der Waals surface area contributed by atoms with Gasteiger partial charge in [-0.1, -0.05) is 0 Å². The fraction of sp³-hybridized carbons (Fsp3) is 0.222. The average Bonchev–Trinajstić information content (AvgIpc) is 2.67. The Morgan fingerprint density at radius 1 is 1.11 bits per heavy atom. The van der Waals surface area contributed by atoms with Crippen LogP contribution in [-0.2, 0) is 9.53 Å². The minimum absolute atomic E-state index is 0.153. The Balaban J connectivity index is 2.05. The third kappa shape index (κ3) is 4.94. The van der Waals surface area contributed by atoms with Crippen LogP contribution >= 0.6 is 0 Å². The normalized spacial score (nSPS) is 11.2. The lowest BCUT2D eigenvalue weighted by atomic mass is 10.2. The number of benzene rings is 2. The first-order valence-corrected chi connectivity index (χ1v) is 7.84. The quantitative estimate of drug-likeness (QED) is 0.450. The number of rotatable bonds is 7. The van der Waals surface area contributed by atoms with Gasteiger partial charge < -0.3 is 19.5 Å². The van der Waals surface area contributed by atoms with Gasteiger partial charge in [0.2, 0.25) is 0 Å². The molecule has 1 atom stereocenters. The first-order valence-electron chi connectivity index (χ1n) is 7.84. The second-order valence-electron chi connectivity index (χ2n) is 5.41. The number of nitro benzene ring substituents is 1. The molecule has 2 aromatic rings. The lowest BCUT2D eigenvalue weighted by molar-refractivity contribution is -0.384. The summed E-state index contributed by atoms with van der Waals surface area (Å²) in [4.78, 5) is 34.0. The highest BCUT2D eigenvalue weighted by molar-refractivity contribution is 5.95. The molecule has 0 aromatic heterocycles. The zero-order chi connectivity index (χ0) is 20.0. The van der Waals surface area contributed by atoms with Crippen LogP contribution in [0.3, 0.4) is 0 Å². The number of nitrogens with one attached hydrogen (secondary N) is 1. The molecule has 0 saturated carbocycles. The molecule has 1 amide bonds. The van der Waals surface area contributed by atoms with Crippen LogP contribution in [-0.4, -0.2) is 37.1 Å². The van der Waals surface area contributed by atoms with E-state index in [4.69, 9.17) is 9.47 Å². The summed E-state index contributed by atoms with van der Waals surface area (Å²) in [6, 6.07) is 9.98. The number of nitrogens with zero attached hydrogens (tertiary/aromatic N) is 1. The van der Waals surface area contributed by atoms with Crippen molar-refractivity contribution in [3.63, 3.8) is 0 Å². The highest BCUT2D eigenvalue weighted by Crippen LogP contribution is 2.29. The minimum atomic E-state index is -0.867. The van der Waals surface area contributed by atoms with E-state index in [0.717, 1.165) is 0 Å². The number of hydrogen-bond acceptors (Lipinski definition) is 7. The van der Waals surface area contributed by atoms with E-state index < -0.39 is 22.9 Å². The Morgan fingerprint density at radius 2 is 1.78 bits per heavy atom. The standard InChI is InChI=1S/C18H18N2O7/c1-11(27-14-7-4-12(5-8-14)18(22)26-3)17(21)19-15-9-6-13(20(23)24)10-16(15)25-2/h4-11H,1-3H3,(H,19,21)/t11-/m0/s1. The molecule has 0 aliphatic rings. The molecule has 0 saturated heterocycles. The van der Waals surface area contributed by atoms with E-state index >= 15 is 0 Å². The first-order chi connectivity index (χ1) is 12.8. The number of methoxy groups -OCH3 is 2. The summed E-state index contributed by atoms with van der Waals surface area (Å²) < 4.78 is 15.2. The molecule has 0 spiro atoms. The van der Waals surface area contributed by atoms with Gasteiger partial charge in [-0.05, 0) is 37.3 Å². The van der Waals surface area contributed by atoms with Gasteiger partial charge in [0.05, 0.1) is 36.5 Å². The Bertz CT molecular complexity index is 849. The highest BCUT2D eigenvalue weighted by Gasteiger charge is 2.19. The number of ether oxygens (including phenoxy) is 3. The van der Waals surface area contributed by atoms with Crippen molar-refractivity contribution in [2.24, 2.45) is 0 Å². The lowest BCUT2D eigenvalue weighted by Gasteiger charge is -2.16. The predicted molar refractivity (Wildman–Crippen MR) is 96.1 cm³/mol. The van der Waals surface area contributed by atoms with E-state index in [0.29, 0.717) is 11.3 Å². The van der Waals surface area contributed by atoms with E-state index in [9.17, 15) is 19.7 Å². The van der Waals surface area contributed by atoms with Crippen molar-refractivity contribution in [3.8, 4) is 11.5 Å². The number of nitro groups is 1. The molecule has 142 valence electrons. The molecule has 2 rings (SSSR count). The lowest BCUT2D eigenvalue weighted by Crippen LogP contribution is -2.30. The van der Waals surface area contributed by atoms with Gasteiger partial charge in [-0.2, -0.15) is 0 Å². The molecule has 0 aliphatic heterocycles. The Morgan fingerprint density at radius 3 is 2.33 bits per heavy atom. The van der Waals surface area contributed by atoms with Crippen molar-refractivity contribution < 1.29 is 28.7 Å². The van der Waals surface area contributed by atoms with E-state index in [-0.39, 0.29) is 17.1 Å². The zero-order valence-electron chi connectivity index (χ0n) is 14.9. The second kappa shape index (κ2) is 8.65. The number of non-ortho nitro benzene ring substituents is 1. The minimum Gasteiger partial charge on any atom is -0.494 e. The maximum absolute atomic E-state index is 12.3. The van der Waals surface area contributed by atoms with Crippen molar-refractivity contribution in [1.29, 1.82) is 0 Å². The molecule has 9 nitrogen and oxygen atoms in total. The molecule has 0 heterocycles. The van der Waals surface area contributed by atoms with E-state index in [2.05, 4.69) is 10.1 Å². The van der Waals surface area contributed by atoms with Gasteiger partial charge in [-0.3, -0.25) is 14.9 Å². The van der Waals surface area contributed by atoms with Crippen LogP contribution in [0.2, 0.25) is 0 Å². The smallest absolute Gasteiger partial charge is 0.337 e. The molecular weight excluding hydrogens is 356 g/mol. The molecule has 2 aromatic carbocycles. The molecule has 0 radical (unpaired) electrons. The van der Waals surface area contributed by atoms with E-state index in [1.807, 2.05) is 0 Å². The molecule has 1 N–H and O–H groups in total. The number of hydrogen-bond donors (Lipinski definition) is 1. The number of carbonyl (C=O) groups is 2. The number of carbonyl (C=O) groups excluding carboxylic acids is 2. The van der Waals surface area contributed by atoms with E-state index in [1.54, 1.807) is 19.1 Å². The van der Waals surface area contributed by atoms with Gasteiger partial charge in [0.25, 0.3) is 11.6 Å². The van der Waals surface area contributed by atoms with Gasteiger partial charge in [0.15, 0.2) is 6.10 Å². The summed E-state index contributed by atoms with van der Waals surface area (Å²) in [5.74, 6) is -0.398. The van der Waals surface area contributed by atoms with Crippen molar-refractivity contribution in [3.05, 3.63) is 58.1 Å². The fourth-order valence-corrected chi connectivity index (χ4v) is 2.18. The SMILES string of the molecule is COC(=O)c1ccc(O[C@@H](C)C(=O)Nc2ccc([N+](=O)[O-])cc2OC)cc1. The van der Waals surface area contributed by atoms with Crippen LogP contribution in [0.15, 0.2) is 42.5 Å². The Labute approximate surface area is 155 Å². The third-order valence-electron chi connectivity index (χ3n) is 3.61. The second-order valence-corrected chi connectivity index (χ2v) is 5.41. The molecule has 0 unspecified atom stereocenters. The number of esters is 1. The van der Waals surface area contributed by atoms with Gasteiger partial charge in [-0.15, -0.1) is 0 Å². The summed E-state index contributed by atoms with van der Waals surface area (Å²) in [5.41, 5.74) is 0.488. The zero-order valence-corrected chi connectivity index (χ0v) is 14.9. The average molecular weight is 374 g/mol. The van der Waals surface area contributed by atoms with Crippen molar-refractivity contribution >= 4 is 23.3 Å². The number of anilines is 1. The summed E-state index contributed by atoms with van der Waals surface area (Å²) >= 11 is 0. The molecule has 27 heavy (non-hydrogen) atoms. The van der Waals surface area contributed by atoms with Gasteiger partial charge in [0.1, 0.15) is 11.5 Å². The van der Waals surface area contributed by atoms with Gasteiger partial charge in [-0.25, -0.2) is 4.79 Å². The Hall–Kier alpha value is -3.62. The van der Waals surface area contributed by atoms with Crippen LogP contribution in [0.1, 0.15) is 17.3 Å². The van der Waals surface area contributed by atoms with Crippen molar-refractivity contribution in [2.75, 3.05) is 19.5 Å². The van der Waals surface area contributed by atoms with Gasteiger partial charge in [0, 0.05) is 6.07 Å². The molecule has 0 aliphatic carbocycles. The van der Waals surface area contributed by atoms with Crippen LogP contribution in [0.4, 0.5) is 11.4 Å². The summed E-state index contributed by atoms with van der Waals surface area (Å²) in [6.45, 7) is 1.54. The van der Waals surface area contributed by atoms with Crippen molar-refractivity contribution in [2.45, 2.75) is 13.0 Å². The molecule has 0 fully saturated rings. The largest absolute Gasteiger partial charge is 0.494 e. The fourth-order valence-electron chi connectivity index (χ4n) is 2.18. The van der Waals surface area contributed by atoms with Crippen LogP contribution in [0.25, 0.3) is 0 Å².